The van der Waals surface area contributed by atoms with Crippen LogP contribution in [-0.2, 0) is 14.4 Å². The summed E-state index contributed by atoms with van der Waals surface area (Å²) in [5.41, 5.74) is 4.89. The van der Waals surface area contributed by atoms with Crippen molar-refractivity contribution in [3.05, 3.63) is 113 Å². The van der Waals surface area contributed by atoms with Crippen LogP contribution in [0.5, 0.6) is 5.75 Å². The molecule has 4 aromatic carbocycles. The summed E-state index contributed by atoms with van der Waals surface area (Å²) < 4.78 is 5.97. The quantitative estimate of drug-likeness (QED) is 0.193. The summed E-state index contributed by atoms with van der Waals surface area (Å²) >= 11 is 0. The number of carbonyl (C=O) groups is 3. The van der Waals surface area contributed by atoms with Crippen LogP contribution in [0.2, 0.25) is 0 Å². The van der Waals surface area contributed by atoms with Gasteiger partial charge >= 0.3 is 5.97 Å². The van der Waals surface area contributed by atoms with Gasteiger partial charge in [-0.3, -0.25) is 14.4 Å². The molecule has 38 heavy (non-hydrogen) atoms. The molecule has 1 fully saturated rings. The number of amides is 2. The van der Waals surface area contributed by atoms with Crippen molar-refractivity contribution in [3.8, 4) is 5.75 Å². The summed E-state index contributed by atoms with van der Waals surface area (Å²) in [7, 11) is 0. The van der Waals surface area contributed by atoms with E-state index in [1.807, 2.05) is 105 Å². The van der Waals surface area contributed by atoms with E-state index in [1.54, 1.807) is 0 Å². The number of esters is 1. The van der Waals surface area contributed by atoms with E-state index in [9.17, 15) is 14.4 Å². The molecule has 0 spiro atoms. The molecule has 0 unspecified atom stereocenters. The lowest BCUT2D eigenvalue weighted by molar-refractivity contribution is -0.142. The third kappa shape index (κ3) is 3.14. The molecule has 2 heterocycles. The number of fused-ring (bicyclic) bond motifs is 7. The fourth-order valence-electron chi connectivity index (χ4n) is 6.49. The smallest absolute Gasteiger partial charge is 0.319 e. The highest BCUT2D eigenvalue weighted by molar-refractivity contribution is 6.25. The first-order valence-corrected chi connectivity index (χ1v) is 12.9. The Labute approximate surface area is 220 Å². The van der Waals surface area contributed by atoms with Crippen LogP contribution in [0, 0.1) is 31.6 Å². The summed E-state index contributed by atoms with van der Waals surface area (Å²) in [6.45, 7) is 3.83. The summed E-state index contributed by atoms with van der Waals surface area (Å²) in [4.78, 5) is 43.3. The van der Waals surface area contributed by atoms with E-state index in [-0.39, 0.29) is 17.7 Å². The van der Waals surface area contributed by atoms with Crippen LogP contribution in [-0.4, -0.2) is 17.8 Å². The molecule has 5 nitrogen and oxygen atoms in total. The molecule has 4 aromatic rings. The molecule has 0 N–H and O–H groups in total. The lowest BCUT2D eigenvalue weighted by Crippen LogP contribution is -2.42. The SMILES string of the molecule is Cc1ccc(C)c(N2C(=O)[C@@H]3[C@@H]4C(=O)Oc5c(ccc6ccccc56)C4=C[C@@H](c4ccccc4)[C@@H]3C2=O)c1. The van der Waals surface area contributed by atoms with E-state index in [2.05, 4.69) is 0 Å². The molecule has 0 aromatic heterocycles. The fourth-order valence-corrected chi connectivity index (χ4v) is 6.49. The second kappa shape index (κ2) is 8.25. The molecule has 1 aliphatic carbocycles. The van der Waals surface area contributed by atoms with Crippen LogP contribution in [0.15, 0.2) is 91.0 Å². The normalized spacial score (nSPS) is 24.0. The first-order chi connectivity index (χ1) is 18.4. The summed E-state index contributed by atoms with van der Waals surface area (Å²) in [5.74, 6) is -3.33. The lowest BCUT2D eigenvalue weighted by atomic mass is 9.64. The van der Waals surface area contributed by atoms with E-state index in [0.717, 1.165) is 38.6 Å². The molecule has 2 amide bonds. The maximum Gasteiger partial charge on any atom is 0.319 e. The molecule has 0 radical (unpaired) electrons. The Morgan fingerprint density at radius 3 is 2.32 bits per heavy atom. The second-order valence-corrected chi connectivity index (χ2v) is 10.5. The van der Waals surface area contributed by atoms with Crippen LogP contribution in [0.3, 0.4) is 0 Å². The van der Waals surface area contributed by atoms with Gasteiger partial charge in [0, 0.05) is 16.9 Å². The Hall–Kier alpha value is -4.51. The Balaban J connectivity index is 1.45. The molecule has 0 saturated carbocycles. The molecule has 2 aliphatic heterocycles. The number of aryl methyl sites for hydroxylation is 2. The molecular weight excluding hydrogens is 474 g/mol. The van der Waals surface area contributed by atoms with Gasteiger partial charge in [-0.2, -0.15) is 0 Å². The molecule has 0 bridgehead atoms. The fraction of sp³-hybridized carbons (Fsp3) is 0.182. The van der Waals surface area contributed by atoms with E-state index in [0.29, 0.717) is 11.4 Å². The first-order valence-electron chi connectivity index (χ1n) is 12.9. The number of benzene rings is 4. The Morgan fingerprint density at radius 2 is 1.50 bits per heavy atom. The van der Waals surface area contributed by atoms with Gasteiger partial charge in [0.05, 0.1) is 23.4 Å². The van der Waals surface area contributed by atoms with Crippen molar-refractivity contribution >= 4 is 39.8 Å². The molecule has 1 saturated heterocycles. The van der Waals surface area contributed by atoms with Gasteiger partial charge < -0.3 is 4.74 Å². The van der Waals surface area contributed by atoms with Gasteiger partial charge in [-0.25, -0.2) is 4.90 Å². The Kier molecular flexibility index (Phi) is 4.92. The topological polar surface area (TPSA) is 63.7 Å². The monoisotopic (exact) mass is 499 g/mol. The zero-order valence-electron chi connectivity index (χ0n) is 21.0. The van der Waals surface area contributed by atoms with Crippen LogP contribution in [0.25, 0.3) is 16.3 Å². The standard InChI is InChI=1S/C33H25NO4/c1-18-12-13-19(2)26(16-18)34-31(35)27-24(20-8-4-3-5-9-20)17-25-23-15-14-21-10-6-7-11-22(21)30(23)38-33(37)28(25)29(27)32(34)36/h3-17,24,27-29H,1-2H3/t24-,27-,28+,29-/m0/s1. The van der Waals surface area contributed by atoms with Crippen molar-refractivity contribution in [1.29, 1.82) is 0 Å². The number of rotatable bonds is 2. The van der Waals surface area contributed by atoms with Crippen molar-refractivity contribution < 1.29 is 19.1 Å². The summed E-state index contributed by atoms with van der Waals surface area (Å²) in [5, 5.41) is 1.82. The number of nitrogens with zero attached hydrogens (tertiary/aromatic N) is 1. The van der Waals surface area contributed by atoms with Crippen molar-refractivity contribution in [2.24, 2.45) is 17.8 Å². The number of allylic oxidation sites excluding steroid dienone is 1. The number of hydrogen-bond donors (Lipinski definition) is 0. The minimum absolute atomic E-state index is 0.269. The zero-order valence-corrected chi connectivity index (χ0v) is 21.0. The van der Waals surface area contributed by atoms with Crippen molar-refractivity contribution in [1.82, 2.24) is 0 Å². The van der Waals surface area contributed by atoms with Crippen LogP contribution >= 0.6 is 0 Å². The number of carbonyl (C=O) groups excluding carboxylic acids is 3. The average molecular weight is 500 g/mol. The minimum Gasteiger partial charge on any atom is -0.425 e. The molecule has 5 heteroatoms. The molecule has 4 atom stereocenters. The highest BCUT2D eigenvalue weighted by Crippen LogP contribution is 2.55. The van der Waals surface area contributed by atoms with E-state index >= 15 is 0 Å². The predicted octanol–water partition coefficient (Wildman–Crippen LogP) is 5.98. The maximum absolute atomic E-state index is 14.2. The van der Waals surface area contributed by atoms with Gasteiger partial charge in [0.2, 0.25) is 11.8 Å². The van der Waals surface area contributed by atoms with Crippen LogP contribution < -0.4 is 9.64 Å². The number of ether oxygens (including phenoxy) is 1. The van der Waals surface area contributed by atoms with E-state index in [1.165, 1.54) is 4.90 Å². The minimum atomic E-state index is -0.847. The summed E-state index contributed by atoms with van der Waals surface area (Å²) in [6, 6.07) is 27.3. The second-order valence-electron chi connectivity index (χ2n) is 10.5. The average Bonchev–Trinajstić information content (AvgIpc) is 3.19. The van der Waals surface area contributed by atoms with E-state index in [4.69, 9.17) is 4.74 Å². The van der Waals surface area contributed by atoms with Gasteiger partial charge in [0.15, 0.2) is 0 Å². The Bertz CT molecular complexity index is 1700. The molecule has 7 rings (SSSR count). The highest BCUT2D eigenvalue weighted by atomic mass is 16.5. The van der Waals surface area contributed by atoms with Gasteiger partial charge in [-0.1, -0.05) is 84.9 Å². The third-order valence-corrected chi connectivity index (χ3v) is 8.28. The number of anilines is 1. The number of imide groups is 1. The summed E-state index contributed by atoms with van der Waals surface area (Å²) in [6.07, 6.45) is 2.03. The van der Waals surface area contributed by atoms with E-state index < -0.39 is 23.7 Å². The van der Waals surface area contributed by atoms with Gasteiger partial charge in [-0.15, -0.1) is 0 Å². The van der Waals surface area contributed by atoms with Gasteiger partial charge in [0.1, 0.15) is 5.75 Å². The van der Waals surface area contributed by atoms with Gasteiger partial charge in [0.25, 0.3) is 0 Å². The third-order valence-electron chi connectivity index (χ3n) is 8.28. The Morgan fingerprint density at radius 1 is 0.763 bits per heavy atom. The molecule has 186 valence electrons. The first kappa shape index (κ1) is 22.7. The highest BCUT2D eigenvalue weighted by Gasteiger charge is 2.60. The molecular formula is C33H25NO4. The van der Waals surface area contributed by atoms with Crippen LogP contribution in [0.4, 0.5) is 5.69 Å². The lowest BCUT2D eigenvalue weighted by Gasteiger charge is -2.38. The van der Waals surface area contributed by atoms with Crippen molar-refractivity contribution in [3.63, 3.8) is 0 Å². The van der Waals surface area contributed by atoms with Crippen molar-refractivity contribution in [2.75, 3.05) is 4.90 Å². The van der Waals surface area contributed by atoms with Crippen LogP contribution in [0.1, 0.15) is 28.2 Å². The zero-order chi connectivity index (χ0) is 26.1. The predicted molar refractivity (Wildman–Crippen MR) is 146 cm³/mol. The van der Waals surface area contributed by atoms with Crippen molar-refractivity contribution in [2.45, 2.75) is 19.8 Å². The molecule has 3 aliphatic rings. The maximum atomic E-state index is 14.2. The largest absolute Gasteiger partial charge is 0.425 e. The number of hydrogen-bond acceptors (Lipinski definition) is 4. The van der Waals surface area contributed by atoms with Gasteiger partial charge in [-0.05, 0) is 47.6 Å².